The number of carbonyl (C=O) groups is 1. The highest BCUT2D eigenvalue weighted by Crippen LogP contribution is 2.27. The lowest BCUT2D eigenvalue weighted by Gasteiger charge is -2.09. The quantitative estimate of drug-likeness (QED) is 0.654. The van der Waals surface area contributed by atoms with Crippen LogP contribution in [0.25, 0.3) is 0 Å². The predicted molar refractivity (Wildman–Crippen MR) is 77.5 cm³/mol. The molecule has 2 rings (SSSR count). The average Bonchev–Trinajstić information content (AvgIpc) is 2.38. The monoisotopic (exact) mass is 336 g/mol. The van der Waals surface area contributed by atoms with Gasteiger partial charge in [-0.2, -0.15) is 0 Å². The summed E-state index contributed by atoms with van der Waals surface area (Å²) in [5, 5.41) is 22.7. The van der Waals surface area contributed by atoms with Crippen molar-refractivity contribution >= 4 is 39.0 Å². The Morgan fingerprint density at radius 3 is 2.60 bits per heavy atom. The summed E-state index contributed by atoms with van der Waals surface area (Å²) in [7, 11) is 0. The van der Waals surface area contributed by atoms with Gasteiger partial charge in [-0.3, -0.25) is 10.1 Å². The SMILES string of the molecule is O=C(O)c1ccc([N+](=O)[O-])cc1Nc1cccc(Br)c1. The molecule has 0 bridgehead atoms. The largest absolute Gasteiger partial charge is 0.478 e. The van der Waals surface area contributed by atoms with Gasteiger partial charge in [0.05, 0.1) is 16.2 Å². The van der Waals surface area contributed by atoms with Gasteiger partial charge in [-0.1, -0.05) is 22.0 Å². The van der Waals surface area contributed by atoms with Crippen LogP contribution in [0.1, 0.15) is 10.4 Å². The van der Waals surface area contributed by atoms with Crippen LogP contribution in [0, 0.1) is 10.1 Å². The van der Waals surface area contributed by atoms with E-state index < -0.39 is 10.9 Å². The van der Waals surface area contributed by atoms with Crippen LogP contribution in [0.4, 0.5) is 17.1 Å². The minimum atomic E-state index is -1.16. The number of rotatable bonds is 4. The molecule has 6 nitrogen and oxygen atoms in total. The molecule has 0 saturated heterocycles. The van der Waals surface area contributed by atoms with Crippen molar-refractivity contribution in [1.29, 1.82) is 0 Å². The van der Waals surface area contributed by atoms with E-state index in [9.17, 15) is 14.9 Å². The number of nitro benzene ring substituents is 1. The van der Waals surface area contributed by atoms with Gasteiger partial charge in [-0.15, -0.1) is 0 Å². The van der Waals surface area contributed by atoms with Gasteiger partial charge >= 0.3 is 5.97 Å². The first-order valence-electron chi connectivity index (χ1n) is 5.51. The average molecular weight is 337 g/mol. The van der Waals surface area contributed by atoms with Crippen LogP contribution < -0.4 is 5.32 Å². The molecule has 0 fully saturated rings. The third-order valence-corrected chi connectivity index (χ3v) is 3.04. The Hall–Kier alpha value is -2.41. The molecule has 2 N–H and O–H groups in total. The number of nitrogens with zero attached hydrogens (tertiary/aromatic N) is 1. The summed E-state index contributed by atoms with van der Waals surface area (Å²) in [5.74, 6) is -1.16. The van der Waals surface area contributed by atoms with E-state index in [1.165, 1.54) is 12.1 Å². The van der Waals surface area contributed by atoms with E-state index >= 15 is 0 Å². The molecule has 20 heavy (non-hydrogen) atoms. The second-order valence-corrected chi connectivity index (χ2v) is 4.84. The zero-order valence-electron chi connectivity index (χ0n) is 10.0. The highest BCUT2D eigenvalue weighted by Gasteiger charge is 2.15. The normalized spacial score (nSPS) is 10.1. The molecule has 0 spiro atoms. The number of halogens is 1. The predicted octanol–water partition coefficient (Wildman–Crippen LogP) is 3.80. The van der Waals surface area contributed by atoms with Crippen molar-refractivity contribution in [2.24, 2.45) is 0 Å². The third-order valence-electron chi connectivity index (χ3n) is 2.55. The molecule has 0 aromatic heterocycles. The van der Waals surface area contributed by atoms with Crippen LogP contribution in [0.5, 0.6) is 0 Å². The van der Waals surface area contributed by atoms with Crippen molar-refractivity contribution in [3.63, 3.8) is 0 Å². The second-order valence-electron chi connectivity index (χ2n) is 3.93. The number of anilines is 2. The topological polar surface area (TPSA) is 92.5 Å². The number of carboxylic acids is 1. The van der Waals surface area contributed by atoms with Crippen LogP contribution in [0.3, 0.4) is 0 Å². The molecule has 0 aliphatic heterocycles. The fourth-order valence-electron chi connectivity index (χ4n) is 1.66. The standard InChI is InChI=1S/C13H9BrN2O4/c14-8-2-1-3-9(6-8)15-12-7-10(16(19)20)4-5-11(12)13(17)18/h1-7,15H,(H,17,18). The van der Waals surface area contributed by atoms with Gasteiger partial charge in [-0.05, 0) is 24.3 Å². The highest BCUT2D eigenvalue weighted by atomic mass is 79.9. The molecule has 2 aromatic rings. The molecule has 0 saturated carbocycles. The van der Waals surface area contributed by atoms with Gasteiger partial charge in [0.15, 0.2) is 0 Å². The number of hydrogen-bond donors (Lipinski definition) is 2. The van der Waals surface area contributed by atoms with Crippen molar-refractivity contribution in [2.45, 2.75) is 0 Å². The molecule has 0 aliphatic carbocycles. The first-order valence-corrected chi connectivity index (χ1v) is 6.31. The van der Waals surface area contributed by atoms with Gasteiger partial charge in [-0.25, -0.2) is 4.79 Å². The summed E-state index contributed by atoms with van der Waals surface area (Å²) in [6.07, 6.45) is 0. The molecular weight excluding hydrogens is 328 g/mol. The lowest BCUT2D eigenvalue weighted by molar-refractivity contribution is -0.384. The van der Waals surface area contributed by atoms with E-state index in [-0.39, 0.29) is 16.9 Å². The third kappa shape index (κ3) is 3.12. The van der Waals surface area contributed by atoms with Crippen LogP contribution in [0.2, 0.25) is 0 Å². The van der Waals surface area contributed by atoms with Crippen molar-refractivity contribution in [1.82, 2.24) is 0 Å². The van der Waals surface area contributed by atoms with Crippen molar-refractivity contribution in [3.8, 4) is 0 Å². The molecule has 7 heteroatoms. The molecule has 0 unspecified atom stereocenters. The molecule has 0 amide bonds. The number of benzene rings is 2. The number of hydrogen-bond acceptors (Lipinski definition) is 4. The Morgan fingerprint density at radius 2 is 2.00 bits per heavy atom. The Kier molecular flexibility index (Phi) is 3.99. The second kappa shape index (κ2) is 5.70. The summed E-state index contributed by atoms with van der Waals surface area (Å²) in [6.45, 7) is 0. The van der Waals surface area contributed by atoms with Crippen molar-refractivity contribution in [2.75, 3.05) is 5.32 Å². The zero-order valence-corrected chi connectivity index (χ0v) is 11.6. The number of non-ortho nitro benzene ring substituents is 1. The maximum Gasteiger partial charge on any atom is 0.337 e. The van der Waals surface area contributed by atoms with Crippen LogP contribution in [-0.2, 0) is 0 Å². The summed E-state index contributed by atoms with van der Waals surface area (Å²) in [5.41, 5.74) is 0.593. The highest BCUT2D eigenvalue weighted by molar-refractivity contribution is 9.10. The minimum Gasteiger partial charge on any atom is -0.478 e. The van der Waals surface area contributed by atoms with Crippen molar-refractivity contribution < 1.29 is 14.8 Å². The molecule has 0 radical (unpaired) electrons. The van der Waals surface area contributed by atoms with Crippen LogP contribution >= 0.6 is 15.9 Å². The fraction of sp³-hybridized carbons (Fsp3) is 0. The smallest absolute Gasteiger partial charge is 0.337 e. The molecule has 0 heterocycles. The van der Waals surface area contributed by atoms with Crippen LogP contribution in [0.15, 0.2) is 46.9 Å². The minimum absolute atomic E-state index is 0.0319. The van der Waals surface area contributed by atoms with Crippen LogP contribution in [-0.4, -0.2) is 16.0 Å². The lowest BCUT2D eigenvalue weighted by atomic mass is 10.1. The lowest BCUT2D eigenvalue weighted by Crippen LogP contribution is -2.03. The molecule has 0 aliphatic rings. The Morgan fingerprint density at radius 1 is 1.25 bits per heavy atom. The van der Waals surface area contributed by atoms with E-state index in [0.29, 0.717) is 5.69 Å². The summed E-state index contributed by atoms with van der Waals surface area (Å²) in [4.78, 5) is 21.3. The summed E-state index contributed by atoms with van der Waals surface area (Å²) >= 11 is 3.30. The van der Waals surface area contributed by atoms with E-state index in [2.05, 4.69) is 21.2 Å². The van der Waals surface area contributed by atoms with Gasteiger partial charge < -0.3 is 10.4 Å². The molecule has 102 valence electrons. The molecule has 0 atom stereocenters. The molecule has 2 aromatic carbocycles. The van der Waals surface area contributed by atoms with E-state index in [4.69, 9.17) is 5.11 Å². The number of aromatic carboxylic acids is 1. The number of nitrogens with one attached hydrogen (secondary N) is 1. The Bertz CT molecular complexity index is 688. The number of nitro groups is 1. The first-order chi connectivity index (χ1) is 9.47. The van der Waals surface area contributed by atoms with E-state index in [0.717, 1.165) is 10.5 Å². The Labute approximate surface area is 122 Å². The van der Waals surface area contributed by atoms with E-state index in [1.807, 2.05) is 6.07 Å². The van der Waals surface area contributed by atoms with Crippen molar-refractivity contribution in [3.05, 3.63) is 62.6 Å². The Balaban J connectivity index is 2.44. The molecular formula is C13H9BrN2O4. The van der Waals surface area contributed by atoms with E-state index in [1.54, 1.807) is 18.2 Å². The maximum absolute atomic E-state index is 11.1. The first kappa shape index (κ1) is 14.0. The van der Waals surface area contributed by atoms with Gasteiger partial charge in [0.1, 0.15) is 0 Å². The fourth-order valence-corrected chi connectivity index (χ4v) is 2.06. The summed E-state index contributed by atoms with van der Waals surface area (Å²) < 4.78 is 0.810. The zero-order chi connectivity index (χ0) is 14.7. The summed E-state index contributed by atoms with van der Waals surface area (Å²) in [6, 6.07) is 10.6. The maximum atomic E-state index is 11.1. The van der Waals surface area contributed by atoms with Gasteiger partial charge in [0.25, 0.3) is 5.69 Å². The van der Waals surface area contributed by atoms with Gasteiger partial charge in [0, 0.05) is 22.3 Å². The van der Waals surface area contributed by atoms with Gasteiger partial charge in [0.2, 0.25) is 0 Å². The number of carboxylic acid groups (broad SMARTS) is 1.